The lowest BCUT2D eigenvalue weighted by atomic mass is 9.49. The highest BCUT2D eigenvalue weighted by Crippen LogP contribution is 2.60. The van der Waals surface area contributed by atoms with E-state index in [4.69, 9.17) is 5.84 Å². The van der Waals surface area contributed by atoms with Crippen molar-refractivity contribution < 1.29 is 0 Å². The van der Waals surface area contributed by atoms with Crippen LogP contribution in [-0.4, -0.2) is 17.6 Å². The fourth-order valence-electron chi connectivity index (χ4n) is 5.05. The van der Waals surface area contributed by atoms with Gasteiger partial charge in [-0.2, -0.15) is 0 Å². The Morgan fingerprint density at radius 2 is 1.50 bits per heavy atom. The fourth-order valence-corrected chi connectivity index (χ4v) is 5.05. The van der Waals surface area contributed by atoms with Crippen molar-refractivity contribution in [1.29, 1.82) is 0 Å². The molecule has 4 fully saturated rings. The lowest BCUT2D eigenvalue weighted by Gasteiger charge is -2.57. The zero-order valence-electron chi connectivity index (χ0n) is 10.8. The molecule has 2 nitrogen and oxygen atoms in total. The second-order valence-corrected chi connectivity index (χ2v) is 7.18. The van der Waals surface area contributed by atoms with Gasteiger partial charge in [0.15, 0.2) is 0 Å². The van der Waals surface area contributed by atoms with Crippen molar-refractivity contribution >= 4 is 0 Å². The molecular weight excluding hydrogens is 196 g/mol. The summed E-state index contributed by atoms with van der Waals surface area (Å²) in [7, 11) is 0. The summed E-state index contributed by atoms with van der Waals surface area (Å²) < 4.78 is 0. The van der Waals surface area contributed by atoms with E-state index < -0.39 is 0 Å². The molecule has 2 heteroatoms. The van der Waals surface area contributed by atoms with Gasteiger partial charge in [0.2, 0.25) is 0 Å². The Hall–Kier alpha value is -0.0800. The molecule has 0 aliphatic heterocycles. The summed E-state index contributed by atoms with van der Waals surface area (Å²) in [6.07, 6.45) is 9.01. The molecule has 0 radical (unpaired) electrons. The first-order chi connectivity index (χ1) is 7.56. The molecule has 0 saturated heterocycles. The van der Waals surface area contributed by atoms with Crippen LogP contribution in [0.2, 0.25) is 0 Å². The lowest BCUT2D eigenvalue weighted by molar-refractivity contribution is -0.0731. The van der Waals surface area contributed by atoms with Gasteiger partial charge in [-0.25, -0.2) is 5.01 Å². The van der Waals surface area contributed by atoms with E-state index >= 15 is 0 Å². The van der Waals surface area contributed by atoms with Crippen molar-refractivity contribution in [1.82, 2.24) is 5.01 Å². The average Bonchev–Trinajstić information content (AvgIpc) is 2.13. The maximum atomic E-state index is 6.17. The van der Waals surface area contributed by atoms with Crippen LogP contribution in [0.1, 0.15) is 52.4 Å². The van der Waals surface area contributed by atoms with Crippen molar-refractivity contribution in [3.8, 4) is 0 Å². The third kappa shape index (κ3) is 1.80. The Kier molecular flexibility index (Phi) is 2.56. The number of hydrogen-bond donors (Lipinski definition) is 1. The minimum atomic E-state index is 0.494. The van der Waals surface area contributed by atoms with E-state index in [0.717, 1.165) is 24.3 Å². The molecule has 4 rings (SSSR count). The molecule has 0 atom stereocenters. The predicted octanol–water partition coefficient (Wildman–Crippen LogP) is 2.79. The highest BCUT2D eigenvalue weighted by Gasteiger charge is 2.51. The van der Waals surface area contributed by atoms with Crippen LogP contribution < -0.4 is 5.84 Å². The highest BCUT2D eigenvalue weighted by atomic mass is 15.4. The van der Waals surface area contributed by atoms with Crippen molar-refractivity contribution in [2.24, 2.45) is 29.0 Å². The molecule has 0 amide bonds. The van der Waals surface area contributed by atoms with Crippen molar-refractivity contribution in [2.45, 2.75) is 58.4 Å². The molecular formula is C14H26N2. The van der Waals surface area contributed by atoms with Crippen LogP contribution in [0.3, 0.4) is 0 Å². The molecule has 4 aliphatic carbocycles. The maximum absolute atomic E-state index is 6.17. The second kappa shape index (κ2) is 3.71. The molecule has 0 aromatic rings. The number of hydrogen-bond acceptors (Lipinski definition) is 2. The first-order valence-corrected chi connectivity index (χ1v) is 7.08. The Balaban J connectivity index is 1.73. The van der Waals surface area contributed by atoms with Crippen LogP contribution in [0.25, 0.3) is 0 Å². The Labute approximate surface area is 99.5 Å². The monoisotopic (exact) mass is 222 g/mol. The normalized spacial score (nSPS) is 45.9. The highest BCUT2D eigenvalue weighted by molar-refractivity contribution is 5.02. The molecule has 0 heterocycles. The van der Waals surface area contributed by atoms with Crippen LogP contribution in [0.15, 0.2) is 0 Å². The van der Waals surface area contributed by atoms with Crippen molar-refractivity contribution in [3.63, 3.8) is 0 Å². The Morgan fingerprint density at radius 1 is 1.06 bits per heavy atom. The summed E-state index contributed by atoms with van der Waals surface area (Å²) in [4.78, 5) is 0. The minimum Gasteiger partial charge on any atom is -0.269 e. The zero-order valence-corrected chi connectivity index (χ0v) is 10.8. The summed E-state index contributed by atoms with van der Waals surface area (Å²) in [6.45, 7) is 5.56. The van der Waals surface area contributed by atoms with Crippen LogP contribution in [0, 0.1) is 23.2 Å². The molecule has 4 bridgehead atoms. The summed E-state index contributed by atoms with van der Waals surface area (Å²) in [5, 5.41) is 2.09. The smallest absolute Gasteiger partial charge is 0.0188 e. The molecule has 0 aromatic heterocycles. The first-order valence-electron chi connectivity index (χ1n) is 7.08. The van der Waals surface area contributed by atoms with Gasteiger partial charge in [0.25, 0.3) is 0 Å². The van der Waals surface area contributed by atoms with E-state index in [9.17, 15) is 0 Å². The molecule has 0 spiro atoms. The minimum absolute atomic E-state index is 0.494. The van der Waals surface area contributed by atoms with E-state index in [2.05, 4.69) is 18.9 Å². The standard InChI is InChI=1S/C14H26N2/c1-10(2)16(15)9-14-6-11-3-12(7-14)5-13(4-11)8-14/h10-13H,3-9,15H2,1-2H3. The Bertz CT molecular complexity index is 237. The van der Waals surface area contributed by atoms with Gasteiger partial charge < -0.3 is 0 Å². The van der Waals surface area contributed by atoms with E-state index in [0.29, 0.717) is 11.5 Å². The molecule has 92 valence electrons. The van der Waals surface area contributed by atoms with E-state index in [-0.39, 0.29) is 0 Å². The van der Waals surface area contributed by atoms with Gasteiger partial charge in [-0.05, 0) is 75.5 Å². The largest absolute Gasteiger partial charge is 0.269 e. The molecule has 4 aliphatic rings. The van der Waals surface area contributed by atoms with Crippen molar-refractivity contribution in [2.75, 3.05) is 6.54 Å². The van der Waals surface area contributed by atoms with Crippen LogP contribution in [0.4, 0.5) is 0 Å². The number of rotatable bonds is 3. The molecule has 0 unspecified atom stereocenters. The van der Waals surface area contributed by atoms with Gasteiger partial charge in [0, 0.05) is 12.6 Å². The van der Waals surface area contributed by atoms with Gasteiger partial charge in [0.1, 0.15) is 0 Å². The van der Waals surface area contributed by atoms with Gasteiger partial charge >= 0.3 is 0 Å². The number of nitrogens with zero attached hydrogens (tertiary/aromatic N) is 1. The van der Waals surface area contributed by atoms with Crippen LogP contribution >= 0.6 is 0 Å². The summed E-state index contributed by atoms with van der Waals surface area (Å²) in [5.74, 6) is 9.32. The summed E-state index contributed by atoms with van der Waals surface area (Å²) in [5.41, 5.74) is 0.605. The van der Waals surface area contributed by atoms with Gasteiger partial charge in [-0.1, -0.05) is 0 Å². The average molecular weight is 222 g/mol. The third-order valence-electron chi connectivity index (χ3n) is 5.35. The summed E-state index contributed by atoms with van der Waals surface area (Å²) >= 11 is 0. The number of nitrogens with two attached hydrogens (primary N) is 1. The number of hydrazine groups is 1. The lowest BCUT2D eigenvalue weighted by Crippen LogP contribution is -2.54. The second-order valence-electron chi connectivity index (χ2n) is 7.18. The van der Waals surface area contributed by atoms with Crippen LogP contribution in [-0.2, 0) is 0 Å². The molecule has 16 heavy (non-hydrogen) atoms. The fraction of sp³-hybridized carbons (Fsp3) is 1.00. The van der Waals surface area contributed by atoms with E-state index in [1.807, 2.05) is 0 Å². The van der Waals surface area contributed by atoms with Gasteiger partial charge in [0.05, 0.1) is 0 Å². The first kappa shape index (κ1) is 11.0. The SMILES string of the molecule is CC(C)N(N)CC12CC3CC(CC(C3)C1)C2. The topological polar surface area (TPSA) is 29.3 Å². The van der Waals surface area contributed by atoms with Gasteiger partial charge in [-0.15, -0.1) is 0 Å². The van der Waals surface area contributed by atoms with E-state index in [1.54, 1.807) is 0 Å². The molecule has 2 N–H and O–H groups in total. The van der Waals surface area contributed by atoms with Gasteiger partial charge in [-0.3, -0.25) is 5.84 Å². The van der Waals surface area contributed by atoms with Crippen LogP contribution in [0.5, 0.6) is 0 Å². The molecule has 4 saturated carbocycles. The Morgan fingerprint density at radius 3 is 1.88 bits per heavy atom. The third-order valence-corrected chi connectivity index (χ3v) is 5.35. The molecule has 0 aromatic carbocycles. The maximum Gasteiger partial charge on any atom is 0.0188 e. The van der Waals surface area contributed by atoms with Crippen molar-refractivity contribution in [3.05, 3.63) is 0 Å². The summed E-state index contributed by atoms with van der Waals surface area (Å²) in [6, 6.07) is 0.494. The van der Waals surface area contributed by atoms with E-state index in [1.165, 1.54) is 38.5 Å². The quantitative estimate of drug-likeness (QED) is 0.588. The predicted molar refractivity (Wildman–Crippen MR) is 66.6 cm³/mol. The zero-order chi connectivity index (χ0) is 11.3.